The summed E-state index contributed by atoms with van der Waals surface area (Å²) in [5.74, 6) is 2.69. The summed E-state index contributed by atoms with van der Waals surface area (Å²) in [4.78, 5) is 0. The minimum atomic E-state index is -0.515. The van der Waals surface area contributed by atoms with Gasteiger partial charge in [-0.1, -0.05) is 24.3 Å². The molecule has 1 heterocycles. The predicted molar refractivity (Wildman–Crippen MR) is 101 cm³/mol. The average Bonchev–Trinajstić information content (AvgIpc) is 3.35. The van der Waals surface area contributed by atoms with Gasteiger partial charge in [0.25, 0.3) is 0 Å². The van der Waals surface area contributed by atoms with Crippen molar-refractivity contribution in [2.24, 2.45) is 23.7 Å². The highest BCUT2D eigenvalue weighted by atomic mass is 19.1. The number of fused-ring (bicyclic) bond motifs is 2. The van der Waals surface area contributed by atoms with Gasteiger partial charge in [-0.25, -0.2) is 4.39 Å². The largest absolute Gasteiger partial charge is 0.485 e. The lowest BCUT2D eigenvalue weighted by Gasteiger charge is -2.27. The predicted octanol–water partition coefficient (Wildman–Crippen LogP) is 4.24. The number of hydrogen-bond donors (Lipinski definition) is 1. The Morgan fingerprint density at radius 2 is 1.81 bits per heavy atom. The van der Waals surface area contributed by atoms with Crippen molar-refractivity contribution < 1.29 is 9.13 Å². The van der Waals surface area contributed by atoms with Crippen molar-refractivity contribution in [3.63, 3.8) is 0 Å². The molecule has 1 saturated heterocycles. The Labute approximate surface area is 159 Å². The Morgan fingerprint density at radius 1 is 1.04 bits per heavy atom. The van der Waals surface area contributed by atoms with Gasteiger partial charge in [-0.15, -0.1) is 0 Å². The van der Waals surface area contributed by atoms with E-state index in [1.165, 1.54) is 36.1 Å². The van der Waals surface area contributed by atoms with Gasteiger partial charge in [0, 0.05) is 12.0 Å². The maximum atomic E-state index is 14.1. The number of ether oxygens (including phenoxy) is 1. The number of hydrogen-bond acceptors (Lipinski definition) is 3. The van der Waals surface area contributed by atoms with E-state index in [0.29, 0.717) is 17.6 Å². The van der Waals surface area contributed by atoms with E-state index in [2.05, 4.69) is 29.6 Å². The van der Waals surface area contributed by atoms with E-state index in [4.69, 9.17) is 10.00 Å². The first-order valence-corrected chi connectivity index (χ1v) is 9.87. The molecule has 0 amide bonds. The van der Waals surface area contributed by atoms with Gasteiger partial charge >= 0.3 is 0 Å². The fourth-order valence-corrected chi connectivity index (χ4v) is 5.52. The second-order valence-corrected chi connectivity index (χ2v) is 8.27. The Kier molecular flexibility index (Phi) is 4.13. The van der Waals surface area contributed by atoms with Crippen LogP contribution in [0.4, 0.5) is 4.39 Å². The van der Waals surface area contributed by atoms with Gasteiger partial charge in [0.05, 0.1) is 5.56 Å². The summed E-state index contributed by atoms with van der Waals surface area (Å²) in [7, 11) is 0. The van der Waals surface area contributed by atoms with Crippen molar-refractivity contribution in [3.05, 3.63) is 65.0 Å². The third-order valence-electron chi connectivity index (χ3n) is 6.83. The maximum Gasteiger partial charge on any atom is 0.144 e. The highest BCUT2D eigenvalue weighted by Gasteiger charge is 2.46. The van der Waals surface area contributed by atoms with Gasteiger partial charge in [0.15, 0.2) is 0 Å². The topological polar surface area (TPSA) is 45.0 Å². The van der Waals surface area contributed by atoms with Crippen LogP contribution in [0.1, 0.15) is 35.6 Å². The number of halogens is 1. The zero-order chi connectivity index (χ0) is 18.4. The zero-order valence-corrected chi connectivity index (χ0v) is 15.2. The van der Waals surface area contributed by atoms with Crippen LogP contribution in [0, 0.1) is 40.8 Å². The molecule has 0 bridgehead atoms. The molecule has 0 aromatic heterocycles. The molecule has 3 aliphatic rings. The van der Waals surface area contributed by atoms with Crippen LogP contribution in [0.15, 0.2) is 42.5 Å². The first-order valence-electron chi connectivity index (χ1n) is 9.87. The number of rotatable bonds is 3. The first kappa shape index (κ1) is 16.8. The van der Waals surface area contributed by atoms with Gasteiger partial charge in [-0.05, 0) is 73.4 Å². The van der Waals surface area contributed by atoms with E-state index in [1.807, 2.05) is 6.07 Å². The second-order valence-electron chi connectivity index (χ2n) is 8.27. The number of nitriles is 1. The van der Waals surface area contributed by atoms with Crippen LogP contribution in [0.5, 0.6) is 5.75 Å². The van der Waals surface area contributed by atoms with Crippen molar-refractivity contribution in [1.82, 2.24) is 5.32 Å². The van der Waals surface area contributed by atoms with Gasteiger partial charge in [-0.2, -0.15) is 5.26 Å². The number of nitrogens with zero attached hydrogens (tertiary/aromatic N) is 1. The van der Waals surface area contributed by atoms with Crippen LogP contribution in [-0.2, 0) is 6.42 Å². The van der Waals surface area contributed by atoms with E-state index in [0.717, 1.165) is 31.3 Å². The summed E-state index contributed by atoms with van der Waals surface area (Å²) < 4.78 is 20.4. The van der Waals surface area contributed by atoms with Crippen molar-refractivity contribution in [3.8, 4) is 11.8 Å². The van der Waals surface area contributed by atoms with E-state index in [-0.39, 0.29) is 11.7 Å². The minimum Gasteiger partial charge on any atom is -0.485 e. The van der Waals surface area contributed by atoms with E-state index in [9.17, 15) is 4.39 Å². The molecule has 0 radical (unpaired) electrons. The fourth-order valence-electron chi connectivity index (χ4n) is 5.52. The van der Waals surface area contributed by atoms with E-state index < -0.39 is 5.82 Å². The molecular weight excluding hydrogens is 339 g/mol. The second kappa shape index (κ2) is 6.65. The lowest BCUT2D eigenvalue weighted by atomic mass is 9.85. The van der Waals surface area contributed by atoms with Crippen LogP contribution in [0.25, 0.3) is 0 Å². The molecule has 138 valence electrons. The summed E-state index contributed by atoms with van der Waals surface area (Å²) in [5, 5.41) is 12.5. The molecule has 2 aliphatic carbocycles. The Hall–Kier alpha value is -2.38. The molecular formula is C23H23FN2O. The Bertz CT molecular complexity index is 893. The number of nitrogens with one attached hydrogen (secondary N) is 1. The van der Waals surface area contributed by atoms with Crippen LogP contribution < -0.4 is 10.1 Å². The highest BCUT2D eigenvalue weighted by Crippen LogP contribution is 2.51. The van der Waals surface area contributed by atoms with E-state index in [1.54, 1.807) is 6.07 Å². The standard InChI is InChI=1S/C23H23FN2O/c24-22-10-19(6-5-15(22)11-25)27-23-20-4-2-1-3-14(20)9-21(23)16-7-17-12-26-13-18(17)8-16/h1-6,10,16-18,21,23,26H,7-9,12-13H2/t16?,17-,18+,21-,23+/m0/s1. The monoisotopic (exact) mass is 362 g/mol. The highest BCUT2D eigenvalue weighted by molar-refractivity contribution is 5.39. The third kappa shape index (κ3) is 2.91. The molecule has 2 aromatic carbocycles. The quantitative estimate of drug-likeness (QED) is 0.888. The molecule has 2 fully saturated rings. The molecule has 4 heteroatoms. The van der Waals surface area contributed by atoms with Crippen LogP contribution >= 0.6 is 0 Å². The fraction of sp³-hybridized carbons (Fsp3) is 0.435. The molecule has 27 heavy (non-hydrogen) atoms. The normalized spacial score (nSPS) is 31.3. The zero-order valence-electron chi connectivity index (χ0n) is 15.2. The van der Waals surface area contributed by atoms with Crippen molar-refractivity contribution in [1.29, 1.82) is 5.26 Å². The molecule has 2 aromatic rings. The Morgan fingerprint density at radius 3 is 2.56 bits per heavy atom. The van der Waals surface area contributed by atoms with Gasteiger partial charge in [-0.3, -0.25) is 0 Å². The SMILES string of the molecule is N#Cc1ccc(O[C@@H]2c3ccccc3C[C@H]2C2C[C@H]3CNC[C@H]3C2)cc1F. The van der Waals surface area contributed by atoms with Gasteiger partial charge in [0.2, 0.25) is 0 Å². The van der Waals surface area contributed by atoms with Gasteiger partial charge in [0.1, 0.15) is 23.7 Å². The summed E-state index contributed by atoms with van der Waals surface area (Å²) in [6.07, 6.45) is 3.53. The van der Waals surface area contributed by atoms with Gasteiger partial charge < -0.3 is 10.1 Å². The molecule has 5 rings (SSSR count). The van der Waals surface area contributed by atoms with Crippen LogP contribution in [0.3, 0.4) is 0 Å². The third-order valence-corrected chi connectivity index (χ3v) is 6.83. The number of benzene rings is 2. The summed E-state index contributed by atoms with van der Waals surface area (Å²) in [5.41, 5.74) is 2.65. The minimum absolute atomic E-state index is 0.0367. The van der Waals surface area contributed by atoms with E-state index >= 15 is 0 Å². The lowest BCUT2D eigenvalue weighted by molar-refractivity contribution is 0.108. The van der Waals surface area contributed by atoms with Crippen molar-refractivity contribution >= 4 is 0 Å². The molecule has 1 aliphatic heterocycles. The lowest BCUT2D eigenvalue weighted by Crippen LogP contribution is -2.23. The molecule has 1 unspecified atom stereocenters. The summed E-state index contributed by atoms with van der Waals surface area (Å²) in [6, 6.07) is 14.9. The van der Waals surface area contributed by atoms with Crippen molar-refractivity contribution in [2.75, 3.05) is 13.1 Å². The van der Waals surface area contributed by atoms with Crippen LogP contribution in [-0.4, -0.2) is 13.1 Å². The smallest absolute Gasteiger partial charge is 0.144 e. The summed E-state index contributed by atoms with van der Waals surface area (Å²) in [6.45, 7) is 2.29. The molecule has 5 atom stereocenters. The first-order chi connectivity index (χ1) is 13.2. The van der Waals surface area contributed by atoms with Crippen molar-refractivity contribution in [2.45, 2.75) is 25.4 Å². The average molecular weight is 362 g/mol. The molecule has 1 N–H and O–H groups in total. The Balaban J connectivity index is 1.43. The maximum absolute atomic E-state index is 14.1. The molecule has 1 saturated carbocycles. The molecule has 3 nitrogen and oxygen atoms in total. The van der Waals surface area contributed by atoms with Crippen LogP contribution in [0.2, 0.25) is 0 Å². The molecule has 0 spiro atoms. The summed E-state index contributed by atoms with van der Waals surface area (Å²) >= 11 is 0.